The number of benzene rings is 1. The molecular weight excluding hydrogens is 318 g/mol. The van der Waals surface area contributed by atoms with Crippen molar-refractivity contribution in [3.05, 3.63) is 35.4 Å². The van der Waals surface area contributed by atoms with Crippen molar-refractivity contribution in [2.24, 2.45) is 0 Å². The van der Waals surface area contributed by atoms with E-state index in [1.165, 1.54) is 14.0 Å². The molecule has 0 aliphatic rings. The molecule has 5 heteroatoms. The summed E-state index contributed by atoms with van der Waals surface area (Å²) in [6.07, 6.45) is 6.61. The molecule has 0 aromatic heterocycles. The van der Waals surface area contributed by atoms with Crippen molar-refractivity contribution in [2.45, 2.75) is 58.3 Å². The number of ether oxygens (including phenoxy) is 1. The van der Waals surface area contributed by atoms with Crippen LogP contribution in [0.1, 0.15) is 67.8 Å². The third kappa shape index (κ3) is 9.65. The van der Waals surface area contributed by atoms with Gasteiger partial charge >= 0.3 is 5.97 Å². The quantitative estimate of drug-likeness (QED) is 0.357. The molecule has 0 spiro atoms. The summed E-state index contributed by atoms with van der Waals surface area (Å²) in [7, 11) is 1.38. The van der Waals surface area contributed by atoms with Crippen LogP contribution >= 0.6 is 0 Å². The second-order valence-electron chi connectivity index (χ2n) is 6.20. The predicted octanol–water partition coefficient (Wildman–Crippen LogP) is 3.45. The molecule has 1 aromatic carbocycles. The van der Waals surface area contributed by atoms with E-state index in [4.69, 9.17) is 0 Å². The largest absolute Gasteiger partial charge is 0.469 e. The number of nitrogens with one attached hydrogen (secondary N) is 1. The van der Waals surface area contributed by atoms with Crippen molar-refractivity contribution in [3.8, 4) is 0 Å². The maximum absolute atomic E-state index is 12.2. The first-order valence-electron chi connectivity index (χ1n) is 8.96. The Morgan fingerprint density at radius 1 is 0.920 bits per heavy atom. The van der Waals surface area contributed by atoms with Gasteiger partial charge in [0, 0.05) is 31.9 Å². The summed E-state index contributed by atoms with van der Waals surface area (Å²) < 4.78 is 4.62. The number of ketones is 1. The molecule has 1 rings (SSSR count). The number of methoxy groups -OCH3 is 1. The van der Waals surface area contributed by atoms with E-state index in [0.717, 1.165) is 49.8 Å². The van der Waals surface area contributed by atoms with Crippen LogP contribution in [-0.4, -0.2) is 31.3 Å². The number of carbonyl (C=O) groups is 3. The summed E-state index contributed by atoms with van der Waals surface area (Å²) in [5, 5.41) is 2.78. The molecule has 0 atom stereocenters. The third-order valence-electron chi connectivity index (χ3n) is 4.08. The van der Waals surface area contributed by atoms with Gasteiger partial charge in [-0.3, -0.25) is 14.4 Å². The van der Waals surface area contributed by atoms with Gasteiger partial charge in [0.15, 0.2) is 5.78 Å². The molecule has 0 heterocycles. The minimum Gasteiger partial charge on any atom is -0.469 e. The summed E-state index contributed by atoms with van der Waals surface area (Å²) in [6.45, 7) is 2.26. The van der Waals surface area contributed by atoms with E-state index in [2.05, 4.69) is 10.1 Å². The number of rotatable bonds is 12. The standard InChI is InChI=1S/C20H29NO4/c1-16(22)21-15-7-5-3-4-6-8-19(23)18-12-9-17(10-13-18)11-14-20(24)25-2/h9-10,12-13H,3-8,11,14-15H2,1-2H3,(H,21,22). The fraction of sp³-hybridized carbons (Fsp3) is 0.550. The lowest BCUT2D eigenvalue weighted by Crippen LogP contribution is -2.20. The fourth-order valence-electron chi connectivity index (χ4n) is 2.56. The maximum atomic E-state index is 12.2. The lowest BCUT2D eigenvalue weighted by atomic mass is 10.0. The van der Waals surface area contributed by atoms with E-state index < -0.39 is 0 Å². The van der Waals surface area contributed by atoms with Crippen LogP contribution in [0.3, 0.4) is 0 Å². The molecule has 0 fully saturated rings. The molecule has 0 saturated heterocycles. The van der Waals surface area contributed by atoms with Gasteiger partial charge in [-0.1, -0.05) is 43.5 Å². The third-order valence-corrected chi connectivity index (χ3v) is 4.08. The van der Waals surface area contributed by atoms with Crippen LogP contribution in [0.25, 0.3) is 0 Å². The lowest BCUT2D eigenvalue weighted by molar-refractivity contribution is -0.140. The Hall–Kier alpha value is -2.17. The van der Waals surface area contributed by atoms with Gasteiger partial charge in [-0.15, -0.1) is 0 Å². The molecule has 0 bridgehead atoms. The van der Waals surface area contributed by atoms with Crippen LogP contribution in [0.2, 0.25) is 0 Å². The highest BCUT2D eigenvalue weighted by Crippen LogP contribution is 2.12. The van der Waals surface area contributed by atoms with E-state index in [1.54, 1.807) is 0 Å². The van der Waals surface area contributed by atoms with Crippen LogP contribution in [0.15, 0.2) is 24.3 Å². The highest BCUT2D eigenvalue weighted by atomic mass is 16.5. The van der Waals surface area contributed by atoms with Crippen LogP contribution in [0, 0.1) is 0 Å². The number of amides is 1. The van der Waals surface area contributed by atoms with Gasteiger partial charge in [0.05, 0.1) is 7.11 Å². The van der Waals surface area contributed by atoms with E-state index >= 15 is 0 Å². The first-order valence-corrected chi connectivity index (χ1v) is 8.96. The van der Waals surface area contributed by atoms with Crippen molar-refractivity contribution >= 4 is 17.7 Å². The number of aryl methyl sites for hydroxylation is 1. The molecule has 1 amide bonds. The number of carbonyl (C=O) groups excluding carboxylic acids is 3. The van der Waals surface area contributed by atoms with E-state index in [9.17, 15) is 14.4 Å². The van der Waals surface area contributed by atoms with Crippen LogP contribution in [0.4, 0.5) is 0 Å². The normalized spacial score (nSPS) is 10.3. The molecule has 0 saturated carbocycles. The first-order chi connectivity index (χ1) is 12.0. The van der Waals surface area contributed by atoms with Crippen molar-refractivity contribution in [2.75, 3.05) is 13.7 Å². The monoisotopic (exact) mass is 347 g/mol. The van der Waals surface area contributed by atoms with Gasteiger partial charge in [0.2, 0.25) is 5.91 Å². The summed E-state index contributed by atoms with van der Waals surface area (Å²) in [5.74, 6) is -0.0445. The van der Waals surface area contributed by atoms with Crippen molar-refractivity contribution in [1.29, 1.82) is 0 Å². The SMILES string of the molecule is COC(=O)CCc1ccc(C(=O)CCCCCCCNC(C)=O)cc1. The van der Waals surface area contributed by atoms with Crippen molar-refractivity contribution in [1.82, 2.24) is 5.32 Å². The number of hydrogen-bond donors (Lipinski definition) is 1. The molecule has 0 aliphatic heterocycles. The Morgan fingerprint density at radius 2 is 1.56 bits per heavy atom. The predicted molar refractivity (Wildman–Crippen MR) is 97.5 cm³/mol. The fourth-order valence-corrected chi connectivity index (χ4v) is 2.56. The Kier molecular flexibility index (Phi) is 10.2. The second kappa shape index (κ2) is 12.2. The summed E-state index contributed by atoms with van der Waals surface area (Å²) in [4.78, 5) is 34.0. The van der Waals surface area contributed by atoms with Crippen LogP contribution < -0.4 is 5.32 Å². The molecule has 0 aliphatic carbocycles. The second-order valence-corrected chi connectivity index (χ2v) is 6.20. The average Bonchev–Trinajstić information content (AvgIpc) is 2.61. The lowest BCUT2D eigenvalue weighted by Gasteiger charge is -2.05. The van der Waals surface area contributed by atoms with Gasteiger partial charge in [0.1, 0.15) is 0 Å². The highest BCUT2D eigenvalue weighted by Gasteiger charge is 2.06. The molecule has 25 heavy (non-hydrogen) atoms. The van der Waals surface area contributed by atoms with Gasteiger partial charge in [-0.2, -0.15) is 0 Å². The Morgan fingerprint density at radius 3 is 2.20 bits per heavy atom. The van der Waals surface area contributed by atoms with Gasteiger partial charge < -0.3 is 10.1 Å². The average molecular weight is 347 g/mol. The van der Waals surface area contributed by atoms with Crippen LogP contribution in [-0.2, 0) is 20.7 Å². The Balaban J connectivity index is 2.18. The number of unbranched alkanes of at least 4 members (excludes halogenated alkanes) is 4. The molecule has 5 nitrogen and oxygen atoms in total. The number of hydrogen-bond acceptors (Lipinski definition) is 4. The Bertz CT molecular complexity index is 551. The smallest absolute Gasteiger partial charge is 0.305 e. The van der Waals surface area contributed by atoms with E-state index in [1.807, 2.05) is 24.3 Å². The molecule has 1 N–H and O–H groups in total. The van der Waals surface area contributed by atoms with Crippen molar-refractivity contribution < 1.29 is 19.1 Å². The molecule has 138 valence electrons. The molecule has 0 radical (unpaired) electrons. The Labute approximate surface area is 150 Å². The molecule has 0 unspecified atom stereocenters. The number of Topliss-reactive ketones (excluding diaryl/α,β-unsaturated/α-hetero) is 1. The maximum Gasteiger partial charge on any atom is 0.305 e. The van der Waals surface area contributed by atoms with Gasteiger partial charge in [-0.05, 0) is 24.8 Å². The zero-order chi connectivity index (χ0) is 18.5. The molecular formula is C20H29NO4. The zero-order valence-electron chi connectivity index (χ0n) is 15.3. The molecule has 1 aromatic rings. The van der Waals surface area contributed by atoms with Crippen molar-refractivity contribution in [3.63, 3.8) is 0 Å². The highest BCUT2D eigenvalue weighted by molar-refractivity contribution is 5.96. The first kappa shape index (κ1) is 20.9. The summed E-state index contributed by atoms with van der Waals surface area (Å²) >= 11 is 0. The topological polar surface area (TPSA) is 72.5 Å². The minimum absolute atomic E-state index is 0.0157. The zero-order valence-corrected chi connectivity index (χ0v) is 15.3. The van der Waals surface area contributed by atoms with Gasteiger partial charge in [0.25, 0.3) is 0 Å². The van der Waals surface area contributed by atoms with Gasteiger partial charge in [-0.25, -0.2) is 0 Å². The van der Waals surface area contributed by atoms with Crippen LogP contribution in [0.5, 0.6) is 0 Å². The van der Waals surface area contributed by atoms with E-state index in [0.29, 0.717) is 19.3 Å². The van der Waals surface area contributed by atoms with E-state index in [-0.39, 0.29) is 17.7 Å². The summed E-state index contributed by atoms with van der Waals surface area (Å²) in [5.41, 5.74) is 1.76. The summed E-state index contributed by atoms with van der Waals surface area (Å²) in [6, 6.07) is 7.47. The minimum atomic E-state index is -0.225. The number of esters is 1.